The molecule has 0 N–H and O–H groups in total. The Bertz CT molecular complexity index is 895. The largest absolute Gasteiger partial charge is 0.489 e. The summed E-state index contributed by atoms with van der Waals surface area (Å²) >= 11 is 0. The van der Waals surface area contributed by atoms with E-state index in [1.807, 2.05) is 76.2 Å². The third kappa shape index (κ3) is 6.58. The van der Waals surface area contributed by atoms with E-state index in [-0.39, 0.29) is 18.0 Å². The van der Waals surface area contributed by atoms with E-state index in [1.165, 1.54) is 0 Å². The van der Waals surface area contributed by atoms with Crippen LogP contribution in [0.1, 0.15) is 58.9 Å². The number of anilines is 2. The Morgan fingerprint density at radius 1 is 1.25 bits per heavy atom. The van der Waals surface area contributed by atoms with Crippen molar-refractivity contribution in [3.05, 3.63) is 42.1 Å². The quantitative estimate of drug-likeness (QED) is 0.563. The zero-order valence-electron chi connectivity index (χ0n) is 20.2. The smallest absolute Gasteiger partial charge is 0.306 e. The number of nitrogens with zero attached hydrogens (tertiary/aromatic N) is 4. The van der Waals surface area contributed by atoms with Crippen molar-refractivity contribution in [1.82, 2.24) is 9.97 Å². The molecular weight excluding hydrogens is 404 g/mol. The van der Waals surface area contributed by atoms with E-state index in [2.05, 4.69) is 16.8 Å². The molecule has 2 atom stereocenters. The fourth-order valence-electron chi connectivity index (χ4n) is 3.69. The number of carbonyl (C=O) groups excluding carboxylic acids is 1. The number of benzene rings is 1. The Hall–Kier alpha value is -2.83. The first-order valence-corrected chi connectivity index (χ1v) is 11.4. The Labute approximate surface area is 191 Å². The van der Waals surface area contributed by atoms with E-state index in [0.29, 0.717) is 6.42 Å². The SMILES string of the molecule is CCN(C)c1nccc(N2CC[C@@H](Oc3ccc([C@H](C)CC(=O)OC(C)(C)C)cc3)C2)n1. The molecule has 0 amide bonds. The molecule has 1 aromatic heterocycles. The second-order valence-electron chi connectivity index (χ2n) is 9.46. The van der Waals surface area contributed by atoms with Crippen molar-refractivity contribution >= 4 is 17.7 Å². The number of esters is 1. The normalized spacial score (nSPS) is 17.2. The summed E-state index contributed by atoms with van der Waals surface area (Å²) in [4.78, 5) is 25.4. The molecule has 2 aromatic rings. The van der Waals surface area contributed by atoms with Gasteiger partial charge in [-0.1, -0.05) is 19.1 Å². The van der Waals surface area contributed by atoms with Gasteiger partial charge in [0.05, 0.1) is 13.0 Å². The molecule has 32 heavy (non-hydrogen) atoms. The van der Waals surface area contributed by atoms with Crippen molar-refractivity contribution in [2.45, 2.75) is 65.1 Å². The molecule has 1 aliphatic heterocycles. The first kappa shape index (κ1) is 23.8. The molecule has 0 saturated carbocycles. The van der Waals surface area contributed by atoms with Gasteiger partial charge < -0.3 is 19.3 Å². The van der Waals surface area contributed by atoms with Crippen molar-refractivity contribution in [3.8, 4) is 5.75 Å². The van der Waals surface area contributed by atoms with Crippen LogP contribution in [0.2, 0.25) is 0 Å². The van der Waals surface area contributed by atoms with Crippen molar-refractivity contribution in [1.29, 1.82) is 0 Å². The fourth-order valence-corrected chi connectivity index (χ4v) is 3.69. The molecule has 0 radical (unpaired) electrons. The summed E-state index contributed by atoms with van der Waals surface area (Å²) < 4.78 is 11.7. The number of hydrogen-bond donors (Lipinski definition) is 0. The summed E-state index contributed by atoms with van der Waals surface area (Å²) in [5.41, 5.74) is 0.646. The maximum absolute atomic E-state index is 12.1. The third-order valence-corrected chi connectivity index (χ3v) is 5.56. The van der Waals surface area contributed by atoms with E-state index >= 15 is 0 Å². The number of ether oxygens (including phenoxy) is 2. The zero-order valence-corrected chi connectivity index (χ0v) is 20.2. The van der Waals surface area contributed by atoms with Gasteiger partial charge in [0.15, 0.2) is 0 Å². The molecule has 174 valence electrons. The number of aromatic nitrogens is 2. The van der Waals surface area contributed by atoms with Crippen LogP contribution in [-0.2, 0) is 9.53 Å². The highest BCUT2D eigenvalue weighted by atomic mass is 16.6. The number of carbonyl (C=O) groups is 1. The second kappa shape index (κ2) is 10.2. The summed E-state index contributed by atoms with van der Waals surface area (Å²) in [5, 5.41) is 0. The molecule has 0 spiro atoms. The highest BCUT2D eigenvalue weighted by Crippen LogP contribution is 2.26. The van der Waals surface area contributed by atoms with E-state index in [0.717, 1.165) is 49.1 Å². The second-order valence-corrected chi connectivity index (χ2v) is 9.46. The van der Waals surface area contributed by atoms with Crippen LogP contribution < -0.4 is 14.5 Å². The molecular formula is C25H36N4O3. The van der Waals surface area contributed by atoms with Crippen molar-refractivity contribution in [2.24, 2.45) is 0 Å². The molecule has 0 aliphatic carbocycles. The minimum absolute atomic E-state index is 0.0917. The Morgan fingerprint density at radius 2 is 1.97 bits per heavy atom. The van der Waals surface area contributed by atoms with Crippen LogP contribution in [0.5, 0.6) is 5.75 Å². The summed E-state index contributed by atoms with van der Waals surface area (Å²) in [6, 6.07) is 10.0. The van der Waals surface area contributed by atoms with Gasteiger partial charge in [-0.2, -0.15) is 4.98 Å². The predicted molar refractivity (Wildman–Crippen MR) is 128 cm³/mol. The van der Waals surface area contributed by atoms with Crippen molar-refractivity contribution in [3.63, 3.8) is 0 Å². The number of hydrogen-bond acceptors (Lipinski definition) is 7. The van der Waals surface area contributed by atoms with Crippen LogP contribution in [0.4, 0.5) is 11.8 Å². The van der Waals surface area contributed by atoms with E-state index in [1.54, 1.807) is 0 Å². The maximum atomic E-state index is 12.1. The van der Waals surface area contributed by atoms with Gasteiger partial charge in [-0.25, -0.2) is 4.98 Å². The Morgan fingerprint density at radius 3 is 2.62 bits per heavy atom. The standard InChI is InChI=1S/C25H36N4O3/c1-7-28(6)24-26-14-12-22(27-24)29-15-13-21(17-29)31-20-10-8-19(9-11-20)18(2)16-23(30)32-25(3,4)5/h8-12,14,18,21H,7,13,15-17H2,1-6H3/t18-,21-/m1/s1. The fraction of sp³-hybridized carbons (Fsp3) is 0.560. The molecule has 3 rings (SSSR count). The summed E-state index contributed by atoms with van der Waals surface area (Å²) in [7, 11) is 1.99. The predicted octanol–water partition coefficient (Wildman–Crippen LogP) is 4.43. The summed E-state index contributed by atoms with van der Waals surface area (Å²) in [6.45, 7) is 12.4. The highest BCUT2D eigenvalue weighted by molar-refractivity contribution is 5.71. The average Bonchev–Trinajstić information content (AvgIpc) is 3.21. The molecule has 1 aliphatic rings. The first-order chi connectivity index (χ1) is 15.1. The molecule has 1 saturated heterocycles. The van der Waals surface area contributed by atoms with Crippen LogP contribution >= 0.6 is 0 Å². The molecule has 1 aromatic carbocycles. The molecule has 1 fully saturated rings. The molecule has 2 heterocycles. The lowest BCUT2D eigenvalue weighted by Gasteiger charge is -2.21. The van der Waals surface area contributed by atoms with Gasteiger partial charge in [0.2, 0.25) is 5.95 Å². The zero-order chi connectivity index (χ0) is 23.3. The van der Waals surface area contributed by atoms with E-state index < -0.39 is 5.60 Å². The third-order valence-electron chi connectivity index (χ3n) is 5.56. The van der Waals surface area contributed by atoms with Gasteiger partial charge >= 0.3 is 5.97 Å². The topological polar surface area (TPSA) is 67.8 Å². The van der Waals surface area contributed by atoms with Crippen LogP contribution in [0.3, 0.4) is 0 Å². The first-order valence-electron chi connectivity index (χ1n) is 11.4. The van der Waals surface area contributed by atoms with E-state index in [4.69, 9.17) is 14.5 Å². The highest BCUT2D eigenvalue weighted by Gasteiger charge is 2.26. The summed E-state index contributed by atoms with van der Waals surface area (Å²) in [5.74, 6) is 2.45. The summed E-state index contributed by atoms with van der Waals surface area (Å²) in [6.07, 6.45) is 3.24. The minimum Gasteiger partial charge on any atom is -0.489 e. The lowest BCUT2D eigenvalue weighted by atomic mass is 9.98. The van der Waals surface area contributed by atoms with Gasteiger partial charge in [-0.05, 0) is 57.4 Å². The van der Waals surface area contributed by atoms with Crippen molar-refractivity contribution < 1.29 is 14.3 Å². The Kier molecular flexibility index (Phi) is 7.59. The molecule has 0 unspecified atom stereocenters. The number of rotatable bonds is 8. The van der Waals surface area contributed by atoms with Gasteiger partial charge in [0, 0.05) is 32.8 Å². The van der Waals surface area contributed by atoms with Gasteiger partial charge in [0.25, 0.3) is 0 Å². The maximum Gasteiger partial charge on any atom is 0.306 e. The minimum atomic E-state index is -0.455. The van der Waals surface area contributed by atoms with Crippen molar-refractivity contribution in [2.75, 3.05) is 36.5 Å². The Balaban J connectivity index is 1.54. The monoisotopic (exact) mass is 440 g/mol. The van der Waals surface area contributed by atoms with Crippen LogP contribution in [-0.4, -0.2) is 54.3 Å². The lowest BCUT2D eigenvalue weighted by molar-refractivity contribution is -0.155. The van der Waals surface area contributed by atoms with Crippen LogP contribution in [0.15, 0.2) is 36.5 Å². The lowest BCUT2D eigenvalue weighted by Crippen LogP contribution is -2.26. The van der Waals surface area contributed by atoms with E-state index in [9.17, 15) is 4.79 Å². The molecule has 7 heteroatoms. The van der Waals surface area contributed by atoms with Gasteiger partial charge in [-0.3, -0.25) is 4.79 Å². The average molecular weight is 441 g/mol. The molecule has 0 bridgehead atoms. The van der Waals surface area contributed by atoms with Crippen LogP contribution in [0, 0.1) is 0 Å². The van der Waals surface area contributed by atoms with Crippen LogP contribution in [0.25, 0.3) is 0 Å². The van der Waals surface area contributed by atoms with Gasteiger partial charge in [0.1, 0.15) is 23.3 Å². The van der Waals surface area contributed by atoms with Gasteiger partial charge in [-0.15, -0.1) is 0 Å². The molecule has 7 nitrogen and oxygen atoms in total.